The van der Waals surface area contributed by atoms with E-state index in [4.69, 9.17) is 0 Å². The Balaban J connectivity index is 3.16. The van der Waals surface area contributed by atoms with Gasteiger partial charge in [0.15, 0.2) is 0 Å². The summed E-state index contributed by atoms with van der Waals surface area (Å²) < 4.78 is 18.1. The van der Waals surface area contributed by atoms with E-state index in [-0.39, 0.29) is 11.1 Å². The number of anilines is 1. The Bertz CT molecular complexity index is 545. The summed E-state index contributed by atoms with van der Waals surface area (Å²) in [4.78, 5) is 22.6. The van der Waals surface area contributed by atoms with Crippen molar-refractivity contribution in [1.29, 1.82) is 0 Å². The van der Waals surface area contributed by atoms with Gasteiger partial charge in [0, 0.05) is 11.8 Å². The van der Waals surface area contributed by atoms with Crippen LogP contribution in [0.25, 0.3) is 0 Å². The SMILES string of the molecule is C=C=CC(=O)Nc1cc(C)c(F)c(C(=O)OC)c1. The van der Waals surface area contributed by atoms with Crippen LogP contribution in [0, 0.1) is 12.7 Å². The van der Waals surface area contributed by atoms with E-state index in [0.29, 0.717) is 5.69 Å². The lowest BCUT2D eigenvalue weighted by molar-refractivity contribution is -0.111. The Morgan fingerprint density at radius 3 is 2.72 bits per heavy atom. The Labute approximate surface area is 104 Å². The van der Waals surface area contributed by atoms with Gasteiger partial charge < -0.3 is 10.1 Å². The average Bonchev–Trinajstić information content (AvgIpc) is 2.32. The third-order valence-corrected chi connectivity index (χ3v) is 2.16. The second-order valence-electron chi connectivity index (χ2n) is 3.48. The first kappa shape index (κ1) is 13.7. The number of esters is 1. The van der Waals surface area contributed by atoms with Gasteiger partial charge in [0.2, 0.25) is 0 Å². The normalized spacial score (nSPS) is 9.28. The number of ether oxygens (including phenoxy) is 1. The van der Waals surface area contributed by atoms with Gasteiger partial charge in [0.05, 0.1) is 12.7 Å². The van der Waals surface area contributed by atoms with Crippen molar-refractivity contribution in [2.45, 2.75) is 6.92 Å². The molecular weight excluding hydrogens is 237 g/mol. The lowest BCUT2D eigenvalue weighted by Crippen LogP contribution is -2.11. The molecule has 0 radical (unpaired) electrons. The van der Waals surface area contributed by atoms with Crippen molar-refractivity contribution in [2.75, 3.05) is 12.4 Å². The second-order valence-corrected chi connectivity index (χ2v) is 3.48. The molecule has 0 fully saturated rings. The van der Waals surface area contributed by atoms with E-state index >= 15 is 0 Å². The maximum Gasteiger partial charge on any atom is 0.340 e. The van der Waals surface area contributed by atoms with Crippen LogP contribution in [0.2, 0.25) is 0 Å². The van der Waals surface area contributed by atoms with E-state index in [9.17, 15) is 14.0 Å². The highest BCUT2D eigenvalue weighted by atomic mass is 19.1. The smallest absolute Gasteiger partial charge is 0.340 e. The number of hydrogen-bond donors (Lipinski definition) is 1. The van der Waals surface area contributed by atoms with Gasteiger partial charge in [0.1, 0.15) is 5.82 Å². The highest BCUT2D eigenvalue weighted by Crippen LogP contribution is 2.20. The molecule has 94 valence electrons. The van der Waals surface area contributed by atoms with Gasteiger partial charge in [-0.1, -0.05) is 6.58 Å². The van der Waals surface area contributed by atoms with Crippen LogP contribution in [0.3, 0.4) is 0 Å². The number of rotatable bonds is 3. The summed E-state index contributed by atoms with van der Waals surface area (Å²) in [5, 5.41) is 2.46. The topological polar surface area (TPSA) is 55.4 Å². The largest absolute Gasteiger partial charge is 0.465 e. The van der Waals surface area contributed by atoms with E-state index < -0.39 is 17.7 Å². The summed E-state index contributed by atoms with van der Waals surface area (Å²) in [6.45, 7) is 4.74. The molecular formula is C13H12FNO3. The molecule has 4 nitrogen and oxygen atoms in total. The van der Waals surface area contributed by atoms with Crippen LogP contribution in [0.5, 0.6) is 0 Å². The monoisotopic (exact) mass is 249 g/mol. The van der Waals surface area contributed by atoms with Crippen LogP contribution in [-0.2, 0) is 9.53 Å². The third-order valence-electron chi connectivity index (χ3n) is 2.16. The van der Waals surface area contributed by atoms with Crippen molar-refractivity contribution in [1.82, 2.24) is 0 Å². The number of aryl methyl sites for hydroxylation is 1. The maximum atomic E-state index is 13.7. The van der Waals surface area contributed by atoms with Crippen LogP contribution in [0.1, 0.15) is 15.9 Å². The van der Waals surface area contributed by atoms with Gasteiger partial charge in [-0.2, -0.15) is 0 Å². The summed E-state index contributed by atoms with van der Waals surface area (Å²) in [6, 6.07) is 2.62. The van der Waals surface area contributed by atoms with E-state index in [0.717, 1.165) is 13.2 Å². The Morgan fingerprint density at radius 2 is 2.17 bits per heavy atom. The first-order valence-electron chi connectivity index (χ1n) is 5.05. The zero-order valence-corrected chi connectivity index (χ0v) is 10.0. The summed E-state index contributed by atoms with van der Waals surface area (Å²) in [7, 11) is 1.16. The average molecular weight is 249 g/mol. The number of amides is 1. The first-order valence-corrected chi connectivity index (χ1v) is 5.05. The molecule has 0 heterocycles. The van der Waals surface area contributed by atoms with E-state index in [1.54, 1.807) is 0 Å². The molecule has 18 heavy (non-hydrogen) atoms. The Kier molecular flexibility index (Phi) is 4.40. The molecule has 1 aromatic rings. The quantitative estimate of drug-likeness (QED) is 0.507. The molecule has 1 rings (SSSR count). The standard InChI is InChI=1S/C13H12FNO3/c1-4-5-11(16)15-9-6-8(2)12(14)10(7-9)13(17)18-3/h5-7H,1H2,2-3H3,(H,15,16). The fourth-order valence-corrected chi connectivity index (χ4v) is 1.37. The number of benzene rings is 1. The molecule has 0 saturated carbocycles. The number of halogens is 1. The van der Waals surface area contributed by atoms with Crippen LogP contribution >= 0.6 is 0 Å². The minimum atomic E-state index is -0.800. The summed E-state index contributed by atoms with van der Waals surface area (Å²) in [5.74, 6) is -1.93. The molecule has 5 heteroatoms. The van der Waals surface area contributed by atoms with Crippen LogP contribution < -0.4 is 5.32 Å². The van der Waals surface area contributed by atoms with Crippen molar-refractivity contribution in [3.63, 3.8) is 0 Å². The van der Waals surface area contributed by atoms with E-state index in [2.05, 4.69) is 22.4 Å². The molecule has 1 amide bonds. The highest BCUT2D eigenvalue weighted by Gasteiger charge is 2.16. The van der Waals surface area contributed by atoms with Crippen molar-refractivity contribution in [3.8, 4) is 0 Å². The van der Waals surface area contributed by atoms with Crippen molar-refractivity contribution >= 4 is 17.6 Å². The fraction of sp³-hybridized carbons (Fsp3) is 0.154. The lowest BCUT2D eigenvalue weighted by Gasteiger charge is -2.08. The molecule has 1 N–H and O–H groups in total. The zero-order chi connectivity index (χ0) is 13.7. The van der Waals surface area contributed by atoms with Crippen molar-refractivity contribution in [2.24, 2.45) is 0 Å². The van der Waals surface area contributed by atoms with Gasteiger partial charge >= 0.3 is 5.97 Å². The van der Waals surface area contributed by atoms with Gasteiger partial charge in [-0.3, -0.25) is 4.79 Å². The lowest BCUT2D eigenvalue weighted by atomic mass is 10.1. The summed E-state index contributed by atoms with van der Waals surface area (Å²) in [5.41, 5.74) is 2.61. The molecule has 0 aliphatic heterocycles. The predicted molar refractivity (Wildman–Crippen MR) is 64.8 cm³/mol. The van der Waals surface area contributed by atoms with Gasteiger partial charge in [-0.25, -0.2) is 9.18 Å². The van der Waals surface area contributed by atoms with Crippen molar-refractivity contribution < 1.29 is 18.7 Å². The molecule has 0 aliphatic rings. The number of methoxy groups -OCH3 is 1. The number of nitrogens with one attached hydrogen (secondary N) is 1. The van der Waals surface area contributed by atoms with E-state index in [1.807, 2.05) is 0 Å². The predicted octanol–water partition coefficient (Wildman–Crippen LogP) is 2.20. The number of carbonyl (C=O) groups is 2. The van der Waals surface area contributed by atoms with Crippen molar-refractivity contribution in [3.05, 3.63) is 47.5 Å². The number of carbonyl (C=O) groups excluding carboxylic acids is 2. The molecule has 0 saturated heterocycles. The van der Waals surface area contributed by atoms with Crippen LogP contribution in [0.4, 0.5) is 10.1 Å². The molecule has 0 aliphatic carbocycles. The molecule has 1 aromatic carbocycles. The maximum absolute atomic E-state index is 13.7. The van der Waals surface area contributed by atoms with Gasteiger partial charge in [-0.05, 0) is 24.6 Å². The summed E-state index contributed by atoms with van der Waals surface area (Å²) >= 11 is 0. The molecule has 0 aromatic heterocycles. The Hall–Kier alpha value is -2.39. The van der Waals surface area contributed by atoms with E-state index in [1.165, 1.54) is 19.1 Å². The number of hydrogen-bond acceptors (Lipinski definition) is 3. The molecule has 0 bridgehead atoms. The van der Waals surface area contributed by atoms with Gasteiger partial charge in [-0.15, -0.1) is 5.73 Å². The molecule has 0 atom stereocenters. The van der Waals surface area contributed by atoms with Gasteiger partial charge in [0.25, 0.3) is 5.91 Å². The highest BCUT2D eigenvalue weighted by molar-refractivity contribution is 6.00. The molecule has 0 unspecified atom stereocenters. The van der Waals surface area contributed by atoms with Crippen LogP contribution in [0.15, 0.2) is 30.5 Å². The fourth-order valence-electron chi connectivity index (χ4n) is 1.37. The van der Waals surface area contributed by atoms with Crippen LogP contribution in [-0.4, -0.2) is 19.0 Å². The summed E-state index contributed by atoms with van der Waals surface area (Å²) in [6.07, 6.45) is 1.09. The third kappa shape index (κ3) is 3.06. The minimum absolute atomic E-state index is 0.226. The first-order chi connectivity index (χ1) is 8.49. The molecule has 0 spiro atoms. The Morgan fingerprint density at radius 1 is 1.50 bits per heavy atom. The second kappa shape index (κ2) is 5.80. The zero-order valence-electron chi connectivity index (χ0n) is 10.0. The minimum Gasteiger partial charge on any atom is -0.465 e.